The Bertz CT molecular complexity index is 1750. The summed E-state index contributed by atoms with van der Waals surface area (Å²) in [5.41, 5.74) is 0. The lowest BCUT2D eigenvalue weighted by Gasteiger charge is -2.18. The monoisotopic (exact) mass is 987 g/mol. The van der Waals surface area contributed by atoms with Crippen LogP contribution in [-0.4, -0.2) is 37.2 Å². The molecule has 0 aliphatic carbocycles. The first-order chi connectivity index (χ1) is 35.5. The molecule has 398 valence electrons. The minimum absolute atomic E-state index is 0.149. The highest BCUT2D eigenvalue weighted by atomic mass is 16.6. The first-order valence-corrected chi connectivity index (χ1v) is 27.8. The van der Waals surface area contributed by atoms with Crippen LogP contribution in [0.2, 0.25) is 0 Å². The van der Waals surface area contributed by atoms with Crippen molar-refractivity contribution in [3.05, 3.63) is 182 Å². The van der Waals surface area contributed by atoms with Crippen LogP contribution in [-0.2, 0) is 28.6 Å². The number of ether oxygens (including phenoxy) is 3. The first-order valence-electron chi connectivity index (χ1n) is 27.8. The largest absolute Gasteiger partial charge is 0.462 e. The zero-order chi connectivity index (χ0) is 52.2. The molecule has 1 unspecified atom stereocenters. The topological polar surface area (TPSA) is 78.9 Å². The second kappa shape index (κ2) is 58.1. The number of carbonyl (C=O) groups excluding carboxylic acids is 3. The van der Waals surface area contributed by atoms with Gasteiger partial charge >= 0.3 is 17.9 Å². The predicted octanol–water partition coefficient (Wildman–Crippen LogP) is 18.9. The van der Waals surface area contributed by atoms with E-state index in [-0.39, 0.29) is 38.0 Å². The van der Waals surface area contributed by atoms with E-state index in [2.05, 4.69) is 179 Å². The van der Waals surface area contributed by atoms with Crippen molar-refractivity contribution in [1.29, 1.82) is 0 Å². The average Bonchev–Trinajstić information content (AvgIpc) is 3.38. The van der Waals surface area contributed by atoms with Crippen LogP contribution in [0.5, 0.6) is 0 Å². The normalized spacial score (nSPS) is 13.5. The molecule has 0 radical (unpaired) electrons. The number of esters is 3. The van der Waals surface area contributed by atoms with Crippen LogP contribution in [0.15, 0.2) is 182 Å². The lowest BCUT2D eigenvalue weighted by molar-refractivity contribution is -0.166. The molecule has 0 N–H and O–H groups in total. The molecular weight excluding hydrogens is 889 g/mol. The standard InChI is InChI=1S/C66H98O6/c1-4-7-10-13-16-19-22-25-28-31-33-35-38-41-44-47-50-53-56-59-65(68)71-62-63(61-70-64(67)58-55-52-49-46-43-40-37-30-27-24-21-18-15-12-9-6-3)72-66(69)60-57-54-51-48-45-42-39-36-34-32-29-26-23-20-17-14-11-8-5-2/h7-12,16-21,25-30,33-36,41-42,44-45,50-51,53-54,63H,4-6,13-15,22-24,31-32,37-40,43,46-49,52,55-62H2,1-3H3/b10-7-,11-8-,12-9-,19-16-,20-17-,21-18-,28-25-,29-26-,30-27-,35-33-,36-34-,44-41-,45-42-,53-50-,54-51-. The van der Waals surface area contributed by atoms with Crippen molar-refractivity contribution in [3.8, 4) is 0 Å². The Morgan fingerprint density at radius 3 is 0.861 bits per heavy atom. The summed E-state index contributed by atoms with van der Waals surface area (Å²) in [4.78, 5) is 38.1. The van der Waals surface area contributed by atoms with Gasteiger partial charge in [0.25, 0.3) is 0 Å². The molecule has 0 aliphatic rings. The second-order valence-corrected chi connectivity index (χ2v) is 17.3. The van der Waals surface area contributed by atoms with Gasteiger partial charge in [-0.2, -0.15) is 0 Å². The van der Waals surface area contributed by atoms with Crippen LogP contribution in [0, 0.1) is 0 Å². The molecule has 0 amide bonds. The summed E-state index contributed by atoms with van der Waals surface area (Å²) < 4.78 is 16.7. The third kappa shape index (κ3) is 55.4. The molecule has 0 aromatic rings. The van der Waals surface area contributed by atoms with Crippen molar-refractivity contribution < 1.29 is 28.6 Å². The summed E-state index contributed by atoms with van der Waals surface area (Å²) in [6.07, 6.45) is 87.6. The van der Waals surface area contributed by atoms with Gasteiger partial charge in [0.15, 0.2) is 6.10 Å². The van der Waals surface area contributed by atoms with Crippen LogP contribution >= 0.6 is 0 Å². The number of allylic oxidation sites excluding steroid dienone is 30. The molecule has 0 heterocycles. The van der Waals surface area contributed by atoms with Crippen LogP contribution in [0.1, 0.15) is 194 Å². The van der Waals surface area contributed by atoms with E-state index in [4.69, 9.17) is 14.2 Å². The lowest BCUT2D eigenvalue weighted by Crippen LogP contribution is -2.30. The SMILES string of the molecule is CC/C=C\C/C=C\C/C=C\C/C=C\C/C=C\C/C=C\CCC(=O)OCC(COC(=O)CCCCCCCC/C=C\C/C=C\C/C=C\CC)OC(=O)CC/C=C\C/C=C\C/C=C\C/C=C\C/C=C\C/C=C\CC. The van der Waals surface area contributed by atoms with Gasteiger partial charge in [-0.1, -0.05) is 229 Å². The number of hydrogen-bond donors (Lipinski definition) is 0. The zero-order valence-corrected chi connectivity index (χ0v) is 45.4. The lowest BCUT2D eigenvalue weighted by atomic mass is 10.1. The Morgan fingerprint density at radius 1 is 0.278 bits per heavy atom. The molecule has 0 bridgehead atoms. The Kier molecular flexibility index (Phi) is 53.7. The number of unbranched alkanes of at least 4 members (excludes halogenated alkanes) is 6. The molecule has 0 saturated carbocycles. The van der Waals surface area contributed by atoms with Gasteiger partial charge in [-0.25, -0.2) is 0 Å². The molecule has 6 nitrogen and oxygen atoms in total. The molecule has 0 spiro atoms. The third-order valence-electron chi connectivity index (χ3n) is 10.7. The summed E-state index contributed by atoms with van der Waals surface area (Å²) in [5.74, 6) is -1.15. The second-order valence-electron chi connectivity index (χ2n) is 17.3. The Hall–Kier alpha value is -5.49. The van der Waals surface area contributed by atoms with Gasteiger partial charge in [0, 0.05) is 19.3 Å². The quantitative estimate of drug-likeness (QED) is 0.0262. The highest BCUT2D eigenvalue weighted by molar-refractivity contribution is 5.71. The van der Waals surface area contributed by atoms with Gasteiger partial charge in [0.05, 0.1) is 0 Å². The number of rotatable bonds is 47. The van der Waals surface area contributed by atoms with Crippen molar-refractivity contribution in [1.82, 2.24) is 0 Å². The van der Waals surface area contributed by atoms with Gasteiger partial charge in [-0.3, -0.25) is 14.4 Å². The highest BCUT2D eigenvalue weighted by Crippen LogP contribution is 2.11. The van der Waals surface area contributed by atoms with Crippen LogP contribution in [0.25, 0.3) is 0 Å². The molecular formula is C66H98O6. The average molecular weight is 988 g/mol. The van der Waals surface area contributed by atoms with E-state index >= 15 is 0 Å². The van der Waals surface area contributed by atoms with E-state index in [0.29, 0.717) is 19.3 Å². The van der Waals surface area contributed by atoms with Gasteiger partial charge in [0.1, 0.15) is 13.2 Å². The Labute approximate surface area is 440 Å². The number of carbonyl (C=O) groups is 3. The molecule has 0 aromatic carbocycles. The summed E-state index contributed by atoms with van der Waals surface area (Å²) in [6.45, 7) is 6.13. The van der Waals surface area contributed by atoms with E-state index in [1.807, 2.05) is 24.3 Å². The molecule has 0 fully saturated rings. The van der Waals surface area contributed by atoms with Gasteiger partial charge in [-0.05, 0) is 128 Å². The third-order valence-corrected chi connectivity index (χ3v) is 10.7. The van der Waals surface area contributed by atoms with E-state index in [9.17, 15) is 14.4 Å². The summed E-state index contributed by atoms with van der Waals surface area (Å²) >= 11 is 0. The Morgan fingerprint density at radius 2 is 0.528 bits per heavy atom. The molecule has 0 aromatic heterocycles. The molecule has 0 saturated heterocycles. The molecule has 1 atom stereocenters. The Balaban J connectivity index is 4.69. The van der Waals surface area contributed by atoms with Gasteiger partial charge < -0.3 is 14.2 Å². The zero-order valence-electron chi connectivity index (χ0n) is 45.4. The maximum Gasteiger partial charge on any atom is 0.306 e. The first kappa shape index (κ1) is 66.5. The maximum atomic E-state index is 12.8. The van der Waals surface area contributed by atoms with Gasteiger partial charge in [0.2, 0.25) is 0 Å². The molecule has 0 rings (SSSR count). The van der Waals surface area contributed by atoms with E-state index in [1.54, 1.807) is 0 Å². The van der Waals surface area contributed by atoms with Crippen molar-refractivity contribution in [2.24, 2.45) is 0 Å². The smallest absolute Gasteiger partial charge is 0.306 e. The van der Waals surface area contributed by atoms with Crippen LogP contribution in [0.3, 0.4) is 0 Å². The van der Waals surface area contributed by atoms with Crippen LogP contribution in [0.4, 0.5) is 0 Å². The van der Waals surface area contributed by atoms with Crippen molar-refractivity contribution in [3.63, 3.8) is 0 Å². The van der Waals surface area contributed by atoms with E-state index in [1.165, 1.54) is 12.8 Å². The van der Waals surface area contributed by atoms with Gasteiger partial charge in [-0.15, -0.1) is 0 Å². The fraction of sp³-hybridized carbons (Fsp3) is 0.500. The minimum atomic E-state index is -0.866. The van der Waals surface area contributed by atoms with E-state index < -0.39 is 12.1 Å². The van der Waals surface area contributed by atoms with Crippen molar-refractivity contribution in [2.75, 3.05) is 13.2 Å². The van der Waals surface area contributed by atoms with Crippen LogP contribution < -0.4 is 0 Å². The minimum Gasteiger partial charge on any atom is -0.462 e. The summed E-state index contributed by atoms with van der Waals surface area (Å²) in [5, 5.41) is 0. The predicted molar refractivity (Wildman–Crippen MR) is 311 cm³/mol. The summed E-state index contributed by atoms with van der Waals surface area (Å²) in [7, 11) is 0. The molecule has 0 aliphatic heterocycles. The number of hydrogen-bond acceptors (Lipinski definition) is 6. The molecule has 72 heavy (non-hydrogen) atoms. The van der Waals surface area contributed by atoms with Crippen molar-refractivity contribution in [2.45, 2.75) is 200 Å². The maximum absolute atomic E-state index is 12.8. The fourth-order valence-electron chi connectivity index (χ4n) is 6.62. The van der Waals surface area contributed by atoms with E-state index in [0.717, 1.165) is 128 Å². The summed E-state index contributed by atoms with van der Waals surface area (Å²) in [6, 6.07) is 0. The van der Waals surface area contributed by atoms with Crippen molar-refractivity contribution >= 4 is 17.9 Å². The fourth-order valence-corrected chi connectivity index (χ4v) is 6.62. The molecule has 6 heteroatoms. The highest BCUT2D eigenvalue weighted by Gasteiger charge is 2.19.